The maximum atomic E-state index is 11.7. The van der Waals surface area contributed by atoms with Crippen molar-refractivity contribution in [3.05, 3.63) is 66.0 Å². The van der Waals surface area contributed by atoms with Gasteiger partial charge in [0.1, 0.15) is 12.4 Å². The minimum absolute atomic E-state index is 0.191. The van der Waals surface area contributed by atoms with Crippen LogP contribution in [0.2, 0.25) is 0 Å². The largest absolute Gasteiger partial charge is 0.546 e. The zero-order valence-electron chi connectivity index (χ0n) is 13.0. The minimum Gasteiger partial charge on any atom is -0.546 e. The molecule has 0 bridgehead atoms. The number of hydrogen-bond donors (Lipinski definition) is 1. The lowest BCUT2D eigenvalue weighted by atomic mass is 10.1. The molecule has 0 saturated heterocycles. The summed E-state index contributed by atoms with van der Waals surface area (Å²) in [6.07, 6.45) is 7.09. The number of rotatable bonds is 8. The van der Waals surface area contributed by atoms with E-state index in [0.717, 1.165) is 11.1 Å². The van der Waals surface area contributed by atoms with E-state index in [1.165, 1.54) is 6.08 Å². The Hall–Kier alpha value is -3.15. The van der Waals surface area contributed by atoms with Crippen LogP contribution in [-0.2, 0) is 16.0 Å². The fourth-order valence-corrected chi connectivity index (χ4v) is 1.97. The molecule has 1 aromatic carbocycles. The molecule has 0 fully saturated rings. The van der Waals surface area contributed by atoms with Crippen LogP contribution in [0.5, 0.6) is 5.75 Å². The predicted octanol–water partition coefficient (Wildman–Crippen LogP) is 0.582. The molecule has 2 aromatic rings. The third kappa shape index (κ3) is 6.31. The number of pyridine rings is 1. The highest BCUT2D eigenvalue weighted by molar-refractivity contribution is 5.91. The van der Waals surface area contributed by atoms with E-state index in [2.05, 4.69) is 10.3 Å². The molecule has 0 aliphatic heterocycles. The van der Waals surface area contributed by atoms with Crippen LogP contribution in [0, 0.1) is 0 Å². The van der Waals surface area contributed by atoms with E-state index in [-0.39, 0.29) is 5.91 Å². The van der Waals surface area contributed by atoms with Gasteiger partial charge < -0.3 is 20.0 Å². The molecule has 0 saturated carbocycles. The van der Waals surface area contributed by atoms with Crippen molar-refractivity contribution in [1.29, 1.82) is 0 Å². The van der Waals surface area contributed by atoms with Crippen LogP contribution in [0.3, 0.4) is 0 Å². The first-order valence-electron chi connectivity index (χ1n) is 7.41. The minimum atomic E-state index is -1.27. The quantitative estimate of drug-likeness (QED) is 0.717. The lowest BCUT2D eigenvalue weighted by Crippen LogP contribution is -2.29. The molecule has 0 unspecified atom stereocenters. The fraction of sp³-hybridized carbons (Fsp3) is 0.167. The summed E-state index contributed by atoms with van der Waals surface area (Å²) in [5, 5.41) is 13.2. The molecule has 1 aromatic heterocycles. The highest BCUT2D eigenvalue weighted by Gasteiger charge is 1.99. The molecule has 1 heterocycles. The van der Waals surface area contributed by atoms with Crippen molar-refractivity contribution < 1.29 is 19.4 Å². The molecular weight excluding hydrogens is 308 g/mol. The fourth-order valence-electron chi connectivity index (χ4n) is 1.97. The highest BCUT2D eigenvalue weighted by Crippen LogP contribution is 2.13. The van der Waals surface area contributed by atoms with Crippen LogP contribution in [0.25, 0.3) is 6.08 Å². The standard InChI is InChI=1S/C18H18N2O4/c21-17(7-6-15-4-2-9-19-12-15)20-10-8-14-3-1-5-16(11-14)24-13-18(22)23/h1-7,9,11-12H,8,10,13H2,(H,20,21)(H,22,23)/p-1/b7-6+. The van der Waals surface area contributed by atoms with Crippen LogP contribution in [0.15, 0.2) is 54.9 Å². The van der Waals surface area contributed by atoms with Gasteiger partial charge >= 0.3 is 0 Å². The Morgan fingerprint density at radius 3 is 2.88 bits per heavy atom. The van der Waals surface area contributed by atoms with E-state index < -0.39 is 12.6 Å². The summed E-state index contributed by atoms with van der Waals surface area (Å²) in [6, 6.07) is 10.7. The van der Waals surface area contributed by atoms with Crippen LogP contribution in [-0.4, -0.2) is 30.0 Å². The number of nitrogens with one attached hydrogen (secondary N) is 1. The van der Waals surface area contributed by atoms with Crippen molar-refractivity contribution >= 4 is 18.0 Å². The molecule has 0 spiro atoms. The van der Waals surface area contributed by atoms with Crippen molar-refractivity contribution in [3.63, 3.8) is 0 Å². The summed E-state index contributed by atoms with van der Waals surface area (Å²) >= 11 is 0. The molecule has 124 valence electrons. The Bertz CT molecular complexity index is 714. The van der Waals surface area contributed by atoms with Crippen LogP contribution in [0.1, 0.15) is 11.1 Å². The predicted molar refractivity (Wildman–Crippen MR) is 86.9 cm³/mol. The van der Waals surface area contributed by atoms with E-state index in [1.807, 2.05) is 12.1 Å². The summed E-state index contributed by atoms with van der Waals surface area (Å²) in [5.41, 5.74) is 1.79. The van der Waals surface area contributed by atoms with Gasteiger partial charge in [-0.1, -0.05) is 18.2 Å². The summed E-state index contributed by atoms with van der Waals surface area (Å²) in [5.74, 6) is -1.00. The Morgan fingerprint density at radius 2 is 2.12 bits per heavy atom. The highest BCUT2D eigenvalue weighted by atomic mass is 16.5. The summed E-state index contributed by atoms with van der Waals surface area (Å²) < 4.78 is 5.06. The molecule has 1 amide bonds. The number of ether oxygens (including phenoxy) is 1. The zero-order valence-corrected chi connectivity index (χ0v) is 13.0. The molecule has 24 heavy (non-hydrogen) atoms. The second kappa shape index (κ2) is 9.09. The Balaban J connectivity index is 1.77. The zero-order chi connectivity index (χ0) is 17.2. The number of amides is 1. The van der Waals surface area contributed by atoms with Gasteiger partial charge in [0, 0.05) is 25.0 Å². The van der Waals surface area contributed by atoms with Crippen LogP contribution in [0.4, 0.5) is 0 Å². The molecule has 2 rings (SSSR count). The third-order valence-electron chi connectivity index (χ3n) is 3.08. The lowest BCUT2D eigenvalue weighted by Gasteiger charge is -2.08. The number of carboxylic acids is 1. The molecule has 6 nitrogen and oxygen atoms in total. The first-order valence-corrected chi connectivity index (χ1v) is 7.41. The van der Waals surface area contributed by atoms with Gasteiger partial charge in [0.15, 0.2) is 0 Å². The molecule has 0 aliphatic rings. The van der Waals surface area contributed by atoms with Crippen molar-refractivity contribution in [1.82, 2.24) is 10.3 Å². The Morgan fingerprint density at radius 1 is 1.25 bits per heavy atom. The maximum Gasteiger partial charge on any atom is 0.244 e. The number of carboxylic acid groups (broad SMARTS) is 1. The smallest absolute Gasteiger partial charge is 0.244 e. The van der Waals surface area contributed by atoms with Gasteiger partial charge in [0.25, 0.3) is 0 Å². The first kappa shape index (κ1) is 17.2. The number of aromatic nitrogens is 1. The normalized spacial score (nSPS) is 10.5. The Kier molecular flexibility index (Phi) is 6.52. The van der Waals surface area contributed by atoms with E-state index in [0.29, 0.717) is 18.7 Å². The van der Waals surface area contributed by atoms with Crippen LogP contribution < -0.4 is 15.2 Å². The molecule has 0 atom stereocenters. The van der Waals surface area contributed by atoms with Gasteiger partial charge in [0.2, 0.25) is 5.91 Å². The van der Waals surface area contributed by atoms with E-state index in [4.69, 9.17) is 4.74 Å². The summed E-state index contributed by atoms with van der Waals surface area (Å²) in [6.45, 7) is -0.0283. The molecule has 1 N–H and O–H groups in total. The number of hydrogen-bond acceptors (Lipinski definition) is 5. The van der Waals surface area contributed by atoms with Gasteiger partial charge in [0.05, 0.1) is 5.97 Å². The molecule has 0 radical (unpaired) electrons. The third-order valence-corrected chi connectivity index (χ3v) is 3.08. The number of benzene rings is 1. The molecular formula is C18H17N2O4-. The van der Waals surface area contributed by atoms with Gasteiger partial charge in [-0.2, -0.15) is 0 Å². The average molecular weight is 325 g/mol. The van der Waals surface area contributed by atoms with E-state index >= 15 is 0 Å². The van der Waals surface area contributed by atoms with Crippen LogP contribution >= 0.6 is 0 Å². The average Bonchev–Trinajstić information content (AvgIpc) is 2.59. The SMILES string of the molecule is O=C([O-])COc1cccc(CCNC(=O)/C=C/c2cccnc2)c1. The van der Waals surface area contributed by atoms with Crippen molar-refractivity contribution in [2.75, 3.05) is 13.2 Å². The monoisotopic (exact) mass is 325 g/mol. The second-order valence-electron chi connectivity index (χ2n) is 4.97. The number of nitrogens with zero attached hydrogens (tertiary/aromatic N) is 1. The topological polar surface area (TPSA) is 91.4 Å². The Labute approximate surface area is 139 Å². The van der Waals surface area contributed by atoms with E-state index in [9.17, 15) is 14.7 Å². The molecule has 0 aliphatic carbocycles. The number of aliphatic carboxylic acids is 1. The van der Waals surface area contributed by atoms with Gasteiger partial charge in [-0.05, 0) is 41.8 Å². The van der Waals surface area contributed by atoms with Crippen molar-refractivity contribution in [2.45, 2.75) is 6.42 Å². The summed E-state index contributed by atoms with van der Waals surface area (Å²) in [4.78, 5) is 26.1. The van der Waals surface area contributed by atoms with Gasteiger partial charge in [-0.25, -0.2) is 0 Å². The number of carbonyl (C=O) groups excluding carboxylic acids is 2. The van der Waals surface area contributed by atoms with Gasteiger partial charge in [-0.3, -0.25) is 9.78 Å². The van der Waals surface area contributed by atoms with E-state index in [1.54, 1.807) is 42.7 Å². The van der Waals surface area contributed by atoms with Crippen molar-refractivity contribution in [3.8, 4) is 5.75 Å². The number of carbonyl (C=O) groups is 2. The maximum absolute atomic E-state index is 11.7. The second-order valence-corrected chi connectivity index (χ2v) is 4.97. The first-order chi connectivity index (χ1) is 11.6. The molecule has 6 heteroatoms. The lowest BCUT2D eigenvalue weighted by molar-refractivity contribution is -0.307. The van der Waals surface area contributed by atoms with Gasteiger partial charge in [-0.15, -0.1) is 0 Å². The summed E-state index contributed by atoms with van der Waals surface area (Å²) in [7, 11) is 0. The van der Waals surface area contributed by atoms with Crippen molar-refractivity contribution in [2.24, 2.45) is 0 Å².